The molecule has 1 unspecified atom stereocenters. The van der Waals surface area contributed by atoms with E-state index in [1.54, 1.807) is 45.9 Å². The van der Waals surface area contributed by atoms with Gasteiger partial charge in [-0.1, -0.05) is 6.07 Å². The molecular weight excluding hydrogens is 346 g/mol. The summed E-state index contributed by atoms with van der Waals surface area (Å²) in [5.74, 6) is -0.257. The second-order valence-corrected chi connectivity index (χ2v) is 7.90. The van der Waals surface area contributed by atoms with E-state index in [2.05, 4.69) is 10.3 Å². The number of amides is 2. The van der Waals surface area contributed by atoms with Gasteiger partial charge in [0.2, 0.25) is 5.91 Å². The number of nitrogens with zero attached hydrogens (tertiary/aromatic N) is 1. The third-order valence-corrected chi connectivity index (χ3v) is 4.48. The maximum Gasteiger partial charge on any atom is 0.410 e. The Hall–Kier alpha value is -2.83. The molecule has 2 amide bonds. The SMILES string of the molecule is Cc1cc2ccc(NC(=O)C3CCCN3C(=O)OC(C)(C)C)cc2[nH]c1=O. The highest BCUT2D eigenvalue weighted by Gasteiger charge is 2.36. The van der Waals surface area contributed by atoms with Crippen LogP contribution in [0.1, 0.15) is 39.2 Å². The van der Waals surface area contributed by atoms with E-state index in [1.807, 2.05) is 6.07 Å². The molecule has 1 fully saturated rings. The molecule has 3 rings (SSSR count). The number of rotatable bonds is 2. The van der Waals surface area contributed by atoms with Gasteiger partial charge in [0.25, 0.3) is 5.56 Å². The summed E-state index contributed by atoms with van der Waals surface area (Å²) >= 11 is 0. The summed E-state index contributed by atoms with van der Waals surface area (Å²) < 4.78 is 5.40. The zero-order valence-electron chi connectivity index (χ0n) is 16.1. The first-order chi connectivity index (χ1) is 12.6. The molecule has 144 valence electrons. The van der Waals surface area contributed by atoms with Crippen LogP contribution in [0.2, 0.25) is 0 Å². The van der Waals surface area contributed by atoms with E-state index in [0.717, 1.165) is 11.8 Å². The molecule has 1 aromatic carbocycles. The Labute approximate surface area is 157 Å². The van der Waals surface area contributed by atoms with Gasteiger partial charge in [0, 0.05) is 17.8 Å². The zero-order valence-corrected chi connectivity index (χ0v) is 16.1. The lowest BCUT2D eigenvalue weighted by Gasteiger charge is -2.28. The number of likely N-dealkylation sites (tertiary alicyclic amines) is 1. The molecule has 1 aliphatic rings. The molecule has 7 heteroatoms. The van der Waals surface area contributed by atoms with Crippen molar-refractivity contribution in [1.82, 2.24) is 9.88 Å². The van der Waals surface area contributed by atoms with Gasteiger partial charge in [-0.3, -0.25) is 14.5 Å². The van der Waals surface area contributed by atoms with Crippen molar-refractivity contribution in [2.45, 2.75) is 52.2 Å². The van der Waals surface area contributed by atoms with Crippen molar-refractivity contribution < 1.29 is 14.3 Å². The third-order valence-electron chi connectivity index (χ3n) is 4.48. The highest BCUT2D eigenvalue weighted by Crippen LogP contribution is 2.23. The first kappa shape index (κ1) is 18.9. The number of hydrogen-bond donors (Lipinski definition) is 2. The van der Waals surface area contributed by atoms with Crippen molar-refractivity contribution in [2.24, 2.45) is 0 Å². The number of hydrogen-bond acceptors (Lipinski definition) is 4. The van der Waals surface area contributed by atoms with Crippen LogP contribution in [0.25, 0.3) is 10.9 Å². The fourth-order valence-corrected chi connectivity index (χ4v) is 3.19. The van der Waals surface area contributed by atoms with Gasteiger partial charge in [0.1, 0.15) is 11.6 Å². The molecule has 0 spiro atoms. The molecule has 1 aliphatic heterocycles. The molecule has 1 atom stereocenters. The lowest BCUT2D eigenvalue weighted by atomic mass is 10.1. The smallest absolute Gasteiger partial charge is 0.410 e. The van der Waals surface area contributed by atoms with Crippen molar-refractivity contribution in [1.29, 1.82) is 0 Å². The molecule has 0 bridgehead atoms. The maximum atomic E-state index is 12.7. The van der Waals surface area contributed by atoms with Crippen molar-refractivity contribution in [3.63, 3.8) is 0 Å². The Balaban J connectivity index is 1.76. The molecule has 2 aromatic rings. The minimum Gasteiger partial charge on any atom is -0.444 e. The fraction of sp³-hybridized carbons (Fsp3) is 0.450. The molecule has 0 aliphatic carbocycles. The van der Waals surface area contributed by atoms with Gasteiger partial charge >= 0.3 is 6.09 Å². The summed E-state index contributed by atoms with van der Waals surface area (Å²) in [7, 11) is 0. The maximum absolute atomic E-state index is 12.7. The van der Waals surface area contributed by atoms with Crippen LogP contribution in [-0.4, -0.2) is 40.1 Å². The Bertz CT molecular complexity index is 942. The molecule has 27 heavy (non-hydrogen) atoms. The summed E-state index contributed by atoms with van der Waals surface area (Å²) in [5.41, 5.74) is 1.10. The summed E-state index contributed by atoms with van der Waals surface area (Å²) in [6, 6.07) is 6.59. The Kier molecular flexibility index (Phi) is 4.95. The lowest BCUT2D eigenvalue weighted by Crippen LogP contribution is -2.45. The number of fused-ring (bicyclic) bond motifs is 1. The Morgan fingerprint density at radius 3 is 2.70 bits per heavy atom. The van der Waals surface area contributed by atoms with Crippen molar-refractivity contribution in [3.05, 3.63) is 40.2 Å². The monoisotopic (exact) mass is 371 g/mol. The number of carbonyl (C=O) groups is 2. The van der Waals surface area contributed by atoms with Crippen LogP contribution in [-0.2, 0) is 9.53 Å². The zero-order chi connectivity index (χ0) is 19.8. The second kappa shape index (κ2) is 7.06. The summed E-state index contributed by atoms with van der Waals surface area (Å²) in [4.78, 5) is 41.2. The van der Waals surface area contributed by atoms with Gasteiger partial charge in [-0.25, -0.2) is 4.79 Å². The second-order valence-electron chi connectivity index (χ2n) is 7.90. The van der Waals surface area contributed by atoms with E-state index in [-0.39, 0.29) is 11.5 Å². The standard InChI is InChI=1S/C20H25N3O4/c1-12-10-13-7-8-14(11-15(13)22-17(12)24)21-18(25)16-6-5-9-23(16)19(26)27-20(2,3)4/h7-8,10-11,16H,5-6,9H2,1-4H3,(H,21,25)(H,22,24). The number of ether oxygens (including phenoxy) is 1. The summed E-state index contributed by atoms with van der Waals surface area (Å²) in [5, 5.41) is 3.74. The first-order valence-corrected chi connectivity index (χ1v) is 9.08. The van der Waals surface area contributed by atoms with Crippen LogP contribution in [0.5, 0.6) is 0 Å². The van der Waals surface area contributed by atoms with E-state index >= 15 is 0 Å². The van der Waals surface area contributed by atoms with E-state index in [0.29, 0.717) is 29.7 Å². The Morgan fingerprint density at radius 2 is 2.00 bits per heavy atom. The van der Waals surface area contributed by atoms with Gasteiger partial charge < -0.3 is 15.0 Å². The minimum absolute atomic E-state index is 0.155. The number of pyridine rings is 1. The van der Waals surface area contributed by atoms with Crippen LogP contribution >= 0.6 is 0 Å². The number of aryl methyl sites for hydroxylation is 1. The normalized spacial score (nSPS) is 17.2. The van der Waals surface area contributed by atoms with Crippen LogP contribution in [0.3, 0.4) is 0 Å². The van der Waals surface area contributed by atoms with Gasteiger partial charge in [-0.15, -0.1) is 0 Å². The number of aromatic amines is 1. The molecular formula is C20H25N3O4. The molecule has 2 N–H and O–H groups in total. The number of aromatic nitrogens is 1. The molecule has 0 saturated carbocycles. The first-order valence-electron chi connectivity index (χ1n) is 9.08. The van der Waals surface area contributed by atoms with Gasteiger partial charge in [-0.2, -0.15) is 0 Å². The third kappa shape index (κ3) is 4.30. The largest absolute Gasteiger partial charge is 0.444 e. The van der Waals surface area contributed by atoms with Gasteiger partial charge in [0.15, 0.2) is 0 Å². The van der Waals surface area contributed by atoms with E-state index in [4.69, 9.17) is 4.74 Å². The molecule has 7 nitrogen and oxygen atoms in total. The number of carbonyl (C=O) groups excluding carboxylic acids is 2. The minimum atomic E-state index is -0.608. The van der Waals surface area contributed by atoms with E-state index in [9.17, 15) is 14.4 Å². The molecule has 0 radical (unpaired) electrons. The summed E-state index contributed by atoms with van der Waals surface area (Å²) in [6.45, 7) is 7.64. The van der Waals surface area contributed by atoms with Crippen LogP contribution in [0.4, 0.5) is 10.5 Å². The Morgan fingerprint density at radius 1 is 1.26 bits per heavy atom. The number of nitrogens with one attached hydrogen (secondary N) is 2. The quantitative estimate of drug-likeness (QED) is 0.848. The predicted molar refractivity (Wildman–Crippen MR) is 104 cm³/mol. The highest BCUT2D eigenvalue weighted by atomic mass is 16.6. The van der Waals surface area contributed by atoms with Gasteiger partial charge in [0.05, 0.1) is 5.52 Å². The topological polar surface area (TPSA) is 91.5 Å². The highest BCUT2D eigenvalue weighted by molar-refractivity contribution is 5.98. The van der Waals surface area contributed by atoms with Crippen molar-refractivity contribution >= 4 is 28.6 Å². The number of benzene rings is 1. The average Bonchev–Trinajstić information content (AvgIpc) is 3.04. The van der Waals surface area contributed by atoms with Crippen LogP contribution in [0, 0.1) is 6.92 Å². The van der Waals surface area contributed by atoms with Gasteiger partial charge in [-0.05, 0) is 64.1 Å². The van der Waals surface area contributed by atoms with E-state index < -0.39 is 17.7 Å². The summed E-state index contributed by atoms with van der Waals surface area (Å²) in [6.07, 6.45) is 0.870. The molecule has 1 saturated heterocycles. The fourth-order valence-electron chi connectivity index (χ4n) is 3.19. The number of H-pyrrole nitrogens is 1. The molecule has 1 aromatic heterocycles. The lowest BCUT2D eigenvalue weighted by molar-refractivity contribution is -0.120. The average molecular weight is 371 g/mol. The van der Waals surface area contributed by atoms with Crippen molar-refractivity contribution in [3.8, 4) is 0 Å². The van der Waals surface area contributed by atoms with Crippen molar-refractivity contribution in [2.75, 3.05) is 11.9 Å². The van der Waals surface area contributed by atoms with Crippen LogP contribution < -0.4 is 10.9 Å². The van der Waals surface area contributed by atoms with Crippen LogP contribution in [0.15, 0.2) is 29.1 Å². The molecule has 2 heterocycles. The van der Waals surface area contributed by atoms with E-state index in [1.165, 1.54) is 4.90 Å². The number of anilines is 1. The predicted octanol–water partition coefficient (Wildman–Crippen LogP) is 3.17.